The van der Waals surface area contributed by atoms with Crippen LogP contribution in [0.5, 0.6) is 0 Å². The van der Waals surface area contributed by atoms with Crippen molar-refractivity contribution in [3.05, 3.63) is 29.8 Å². The highest BCUT2D eigenvalue weighted by molar-refractivity contribution is 7.99. The minimum absolute atomic E-state index is 0.323. The van der Waals surface area contributed by atoms with E-state index in [0.717, 1.165) is 12.4 Å². The molecule has 0 heterocycles. The molecule has 0 aliphatic heterocycles. The fraction of sp³-hybridized carbons (Fsp3) is 0.500. The fourth-order valence-electron chi connectivity index (χ4n) is 1.12. The Bertz CT molecular complexity index is 271. The van der Waals surface area contributed by atoms with E-state index in [0.29, 0.717) is 12.0 Å². The van der Waals surface area contributed by atoms with Crippen molar-refractivity contribution >= 4 is 23.4 Å². The van der Waals surface area contributed by atoms with Gasteiger partial charge in [0, 0.05) is 16.5 Å². The normalized spacial score (nSPS) is 10.9. The van der Waals surface area contributed by atoms with Gasteiger partial charge in [-0.15, -0.1) is 23.4 Å². The van der Waals surface area contributed by atoms with Gasteiger partial charge in [-0.3, -0.25) is 0 Å². The Labute approximate surface area is 101 Å². The Balaban J connectivity index is 2.25. The van der Waals surface area contributed by atoms with Gasteiger partial charge in [-0.25, -0.2) is 0 Å². The SMILES string of the molecule is CC(C)OCCSc1ccc(CCl)cc1. The van der Waals surface area contributed by atoms with Crippen molar-refractivity contribution in [2.45, 2.75) is 30.7 Å². The maximum Gasteiger partial charge on any atom is 0.0563 e. The van der Waals surface area contributed by atoms with Gasteiger partial charge in [0.2, 0.25) is 0 Å². The predicted molar refractivity (Wildman–Crippen MR) is 67.8 cm³/mol. The van der Waals surface area contributed by atoms with E-state index in [2.05, 4.69) is 38.1 Å². The summed E-state index contributed by atoms with van der Waals surface area (Å²) in [6.07, 6.45) is 0.323. The number of hydrogen-bond acceptors (Lipinski definition) is 2. The van der Waals surface area contributed by atoms with Crippen LogP contribution in [0.1, 0.15) is 19.4 Å². The molecule has 3 heteroatoms. The molecule has 1 aromatic carbocycles. The van der Waals surface area contributed by atoms with Gasteiger partial charge in [0.05, 0.1) is 12.7 Å². The van der Waals surface area contributed by atoms with Gasteiger partial charge in [-0.1, -0.05) is 12.1 Å². The standard InChI is InChI=1S/C12H17ClOS/c1-10(2)14-7-8-15-12-5-3-11(9-13)4-6-12/h3-6,10H,7-9H2,1-2H3. The van der Waals surface area contributed by atoms with Crippen molar-refractivity contribution in [2.24, 2.45) is 0 Å². The van der Waals surface area contributed by atoms with E-state index in [9.17, 15) is 0 Å². The molecule has 1 rings (SSSR count). The molecule has 0 fully saturated rings. The van der Waals surface area contributed by atoms with Crippen molar-refractivity contribution in [1.29, 1.82) is 0 Å². The smallest absolute Gasteiger partial charge is 0.0563 e. The Morgan fingerprint density at radius 3 is 2.47 bits per heavy atom. The van der Waals surface area contributed by atoms with Crippen LogP contribution in [0, 0.1) is 0 Å². The zero-order chi connectivity index (χ0) is 11.1. The van der Waals surface area contributed by atoms with Gasteiger partial charge < -0.3 is 4.74 Å². The Morgan fingerprint density at radius 1 is 1.27 bits per heavy atom. The third kappa shape index (κ3) is 5.45. The number of hydrogen-bond donors (Lipinski definition) is 0. The number of ether oxygens (including phenoxy) is 1. The van der Waals surface area contributed by atoms with Crippen molar-refractivity contribution in [3.63, 3.8) is 0 Å². The van der Waals surface area contributed by atoms with Crippen LogP contribution in [0.25, 0.3) is 0 Å². The molecule has 0 atom stereocenters. The lowest BCUT2D eigenvalue weighted by Crippen LogP contribution is -2.05. The molecule has 0 aliphatic carbocycles. The van der Waals surface area contributed by atoms with Crippen LogP contribution in [0.3, 0.4) is 0 Å². The van der Waals surface area contributed by atoms with Gasteiger partial charge in [0.15, 0.2) is 0 Å². The summed E-state index contributed by atoms with van der Waals surface area (Å²) in [7, 11) is 0. The molecule has 0 N–H and O–H groups in total. The lowest BCUT2D eigenvalue weighted by molar-refractivity contribution is 0.0920. The van der Waals surface area contributed by atoms with E-state index < -0.39 is 0 Å². The average Bonchev–Trinajstić information content (AvgIpc) is 2.25. The topological polar surface area (TPSA) is 9.23 Å². The summed E-state index contributed by atoms with van der Waals surface area (Å²) in [6.45, 7) is 4.92. The maximum atomic E-state index is 5.71. The first-order valence-corrected chi connectivity index (χ1v) is 6.63. The third-order valence-corrected chi connectivity index (χ3v) is 3.17. The monoisotopic (exact) mass is 244 g/mol. The van der Waals surface area contributed by atoms with Crippen LogP contribution in [0.4, 0.5) is 0 Å². The molecule has 1 nitrogen and oxygen atoms in total. The van der Waals surface area contributed by atoms with E-state index in [-0.39, 0.29) is 0 Å². The van der Waals surface area contributed by atoms with Crippen LogP contribution in [0.15, 0.2) is 29.2 Å². The van der Waals surface area contributed by atoms with Crippen LogP contribution < -0.4 is 0 Å². The molecule has 15 heavy (non-hydrogen) atoms. The van der Waals surface area contributed by atoms with Gasteiger partial charge in [0.25, 0.3) is 0 Å². The van der Waals surface area contributed by atoms with Crippen LogP contribution in [0.2, 0.25) is 0 Å². The molecular formula is C12H17ClOS. The predicted octanol–water partition coefficient (Wildman–Crippen LogP) is 3.94. The average molecular weight is 245 g/mol. The third-order valence-electron chi connectivity index (χ3n) is 1.88. The highest BCUT2D eigenvalue weighted by atomic mass is 35.5. The summed E-state index contributed by atoms with van der Waals surface area (Å²) in [5.74, 6) is 1.58. The Morgan fingerprint density at radius 2 is 1.93 bits per heavy atom. The van der Waals surface area contributed by atoms with Crippen molar-refractivity contribution in [2.75, 3.05) is 12.4 Å². The number of thioether (sulfide) groups is 1. The van der Waals surface area contributed by atoms with Gasteiger partial charge in [0.1, 0.15) is 0 Å². The van der Waals surface area contributed by atoms with Crippen molar-refractivity contribution in [1.82, 2.24) is 0 Å². The number of halogens is 1. The minimum Gasteiger partial charge on any atom is -0.378 e. The van der Waals surface area contributed by atoms with E-state index in [4.69, 9.17) is 16.3 Å². The van der Waals surface area contributed by atoms with Crippen LogP contribution >= 0.6 is 23.4 Å². The van der Waals surface area contributed by atoms with Crippen molar-refractivity contribution < 1.29 is 4.74 Å². The van der Waals surface area contributed by atoms with E-state index >= 15 is 0 Å². The maximum absolute atomic E-state index is 5.71. The Hall–Kier alpha value is -0.180. The summed E-state index contributed by atoms with van der Waals surface area (Å²) in [6, 6.07) is 8.35. The second kappa shape index (κ2) is 7.15. The zero-order valence-corrected chi connectivity index (χ0v) is 10.8. The molecule has 0 aliphatic rings. The lowest BCUT2D eigenvalue weighted by Gasteiger charge is -2.07. The summed E-state index contributed by atoms with van der Waals surface area (Å²) >= 11 is 7.53. The fourth-order valence-corrected chi connectivity index (χ4v) is 2.04. The molecule has 0 spiro atoms. The molecule has 0 aromatic heterocycles. The number of rotatable bonds is 6. The lowest BCUT2D eigenvalue weighted by atomic mass is 10.2. The highest BCUT2D eigenvalue weighted by Crippen LogP contribution is 2.18. The molecule has 0 radical (unpaired) electrons. The van der Waals surface area contributed by atoms with Gasteiger partial charge >= 0.3 is 0 Å². The minimum atomic E-state index is 0.323. The van der Waals surface area contributed by atoms with Crippen molar-refractivity contribution in [3.8, 4) is 0 Å². The molecule has 0 amide bonds. The van der Waals surface area contributed by atoms with Crippen LogP contribution in [-0.2, 0) is 10.6 Å². The molecule has 0 unspecified atom stereocenters. The molecule has 0 saturated carbocycles. The van der Waals surface area contributed by atoms with E-state index in [1.165, 1.54) is 10.5 Å². The van der Waals surface area contributed by atoms with Gasteiger partial charge in [-0.2, -0.15) is 0 Å². The van der Waals surface area contributed by atoms with Gasteiger partial charge in [-0.05, 0) is 31.5 Å². The Kier molecular flexibility index (Phi) is 6.15. The molecule has 0 saturated heterocycles. The zero-order valence-electron chi connectivity index (χ0n) is 9.20. The summed E-state index contributed by atoms with van der Waals surface area (Å²) < 4.78 is 5.47. The molecule has 0 bridgehead atoms. The first-order valence-electron chi connectivity index (χ1n) is 5.11. The number of alkyl halides is 1. The molecule has 84 valence electrons. The number of benzene rings is 1. The van der Waals surface area contributed by atoms with E-state index in [1.54, 1.807) is 0 Å². The summed E-state index contributed by atoms with van der Waals surface area (Å²) in [5, 5.41) is 0. The second-order valence-corrected chi connectivity index (χ2v) is 4.98. The second-order valence-electron chi connectivity index (χ2n) is 3.55. The summed E-state index contributed by atoms with van der Waals surface area (Å²) in [4.78, 5) is 1.27. The largest absolute Gasteiger partial charge is 0.378 e. The molecular weight excluding hydrogens is 228 g/mol. The summed E-state index contributed by atoms with van der Waals surface area (Å²) in [5.41, 5.74) is 1.17. The first kappa shape index (κ1) is 12.9. The first-order chi connectivity index (χ1) is 7.22. The van der Waals surface area contributed by atoms with Crippen LogP contribution in [-0.4, -0.2) is 18.5 Å². The highest BCUT2D eigenvalue weighted by Gasteiger charge is 1.96. The molecule has 1 aromatic rings. The quantitative estimate of drug-likeness (QED) is 0.426. The van der Waals surface area contributed by atoms with E-state index in [1.807, 2.05) is 11.8 Å².